The second-order valence-corrected chi connectivity index (χ2v) is 5.11. The summed E-state index contributed by atoms with van der Waals surface area (Å²) in [6.07, 6.45) is 4.20. The Morgan fingerprint density at radius 1 is 1.28 bits per heavy atom. The van der Waals surface area contributed by atoms with Crippen LogP contribution in [0.2, 0.25) is 0 Å². The molecular weight excluding hydrogens is 324 g/mol. The summed E-state index contributed by atoms with van der Waals surface area (Å²) in [5, 5.41) is 6.05. The highest BCUT2D eigenvalue weighted by Crippen LogP contribution is 2.09. The Hall–Kier alpha value is -3.55. The van der Waals surface area contributed by atoms with Gasteiger partial charge in [0.2, 0.25) is 5.88 Å². The summed E-state index contributed by atoms with van der Waals surface area (Å²) in [5.74, 6) is -0.997. The van der Waals surface area contributed by atoms with Crippen molar-refractivity contribution in [3.63, 3.8) is 0 Å². The number of carbonyl (C=O) groups is 2. The van der Waals surface area contributed by atoms with Crippen LogP contribution in [-0.2, 0) is 14.3 Å². The third-order valence-electron chi connectivity index (χ3n) is 3.09. The molecule has 0 atom stereocenters. The highest BCUT2D eigenvalue weighted by Gasteiger charge is 2.08. The summed E-state index contributed by atoms with van der Waals surface area (Å²) >= 11 is 0. The molecule has 0 bridgehead atoms. The van der Waals surface area contributed by atoms with Crippen LogP contribution in [-0.4, -0.2) is 33.6 Å². The van der Waals surface area contributed by atoms with Crippen molar-refractivity contribution in [2.24, 2.45) is 0 Å². The number of ether oxygens (including phenoxy) is 1. The number of hydrogen-bond donors (Lipinski definition) is 1. The first kappa shape index (κ1) is 16.3. The van der Waals surface area contributed by atoms with E-state index in [4.69, 9.17) is 9.26 Å². The van der Waals surface area contributed by atoms with E-state index >= 15 is 0 Å². The van der Waals surface area contributed by atoms with Crippen molar-refractivity contribution >= 4 is 34.9 Å². The predicted octanol–water partition coefficient (Wildman–Crippen LogP) is 2.12. The molecule has 8 nitrogen and oxygen atoms in total. The van der Waals surface area contributed by atoms with E-state index in [9.17, 15) is 9.59 Å². The first-order valence-corrected chi connectivity index (χ1v) is 7.40. The first-order valence-electron chi connectivity index (χ1n) is 7.40. The van der Waals surface area contributed by atoms with E-state index in [2.05, 4.69) is 20.4 Å². The average Bonchev–Trinajstić information content (AvgIpc) is 3.02. The quantitative estimate of drug-likeness (QED) is 0.561. The van der Waals surface area contributed by atoms with Crippen LogP contribution >= 0.6 is 0 Å². The molecule has 126 valence electrons. The molecule has 1 amide bonds. The molecule has 0 spiro atoms. The van der Waals surface area contributed by atoms with Crippen LogP contribution < -0.4 is 5.32 Å². The van der Waals surface area contributed by atoms with Crippen LogP contribution in [0.3, 0.4) is 0 Å². The van der Waals surface area contributed by atoms with Crippen molar-refractivity contribution in [2.75, 3.05) is 11.9 Å². The highest BCUT2D eigenvalue weighted by molar-refractivity contribution is 5.93. The van der Waals surface area contributed by atoms with E-state index < -0.39 is 18.5 Å². The zero-order valence-electron chi connectivity index (χ0n) is 13.3. The fourth-order valence-electron chi connectivity index (χ4n) is 1.99. The number of aromatic nitrogens is 3. The molecule has 1 aromatic carbocycles. The van der Waals surface area contributed by atoms with Gasteiger partial charge in [0.05, 0.1) is 28.6 Å². The second kappa shape index (κ2) is 7.35. The van der Waals surface area contributed by atoms with Crippen LogP contribution in [0.25, 0.3) is 17.1 Å². The summed E-state index contributed by atoms with van der Waals surface area (Å²) in [7, 11) is 0. The summed E-state index contributed by atoms with van der Waals surface area (Å²) in [4.78, 5) is 31.9. The molecule has 2 aromatic heterocycles. The lowest BCUT2D eigenvalue weighted by Gasteiger charge is -2.01. The van der Waals surface area contributed by atoms with Crippen molar-refractivity contribution in [3.05, 3.63) is 54.0 Å². The lowest BCUT2D eigenvalue weighted by molar-refractivity contribution is -0.142. The third kappa shape index (κ3) is 4.47. The number of carbonyl (C=O) groups excluding carboxylic acids is 2. The fraction of sp³-hybridized carbons (Fsp3) is 0.118. The maximum absolute atomic E-state index is 11.7. The predicted molar refractivity (Wildman–Crippen MR) is 89.4 cm³/mol. The Morgan fingerprint density at radius 2 is 2.08 bits per heavy atom. The van der Waals surface area contributed by atoms with Gasteiger partial charge in [0, 0.05) is 12.1 Å². The minimum Gasteiger partial charge on any atom is -0.452 e. The maximum Gasteiger partial charge on any atom is 0.331 e. The van der Waals surface area contributed by atoms with E-state index in [0.717, 1.165) is 11.0 Å². The van der Waals surface area contributed by atoms with Crippen LogP contribution in [0, 0.1) is 6.92 Å². The van der Waals surface area contributed by atoms with Gasteiger partial charge in [-0.25, -0.2) is 9.78 Å². The van der Waals surface area contributed by atoms with Crippen molar-refractivity contribution < 1.29 is 18.8 Å². The maximum atomic E-state index is 11.7. The van der Waals surface area contributed by atoms with Crippen LogP contribution in [0.1, 0.15) is 11.4 Å². The van der Waals surface area contributed by atoms with E-state index in [1.807, 2.05) is 24.3 Å². The number of anilines is 1. The van der Waals surface area contributed by atoms with Gasteiger partial charge in [-0.1, -0.05) is 17.3 Å². The molecular formula is C17H14N4O4. The molecule has 0 aliphatic carbocycles. The first-order chi connectivity index (χ1) is 12.1. The summed E-state index contributed by atoms with van der Waals surface area (Å²) in [6, 6.07) is 8.95. The second-order valence-electron chi connectivity index (χ2n) is 5.11. The van der Waals surface area contributed by atoms with Gasteiger partial charge in [-0.05, 0) is 25.1 Å². The largest absolute Gasteiger partial charge is 0.452 e. The molecule has 25 heavy (non-hydrogen) atoms. The summed E-state index contributed by atoms with van der Waals surface area (Å²) in [5.41, 5.74) is 2.63. The summed E-state index contributed by atoms with van der Waals surface area (Å²) in [6.45, 7) is 1.28. The van der Waals surface area contributed by atoms with E-state index in [1.54, 1.807) is 19.2 Å². The zero-order valence-corrected chi connectivity index (χ0v) is 13.3. The molecule has 0 aliphatic heterocycles. The fourth-order valence-corrected chi connectivity index (χ4v) is 1.99. The van der Waals surface area contributed by atoms with Gasteiger partial charge >= 0.3 is 5.97 Å². The van der Waals surface area contributed by atoms with E-state index in [-0.39, 0.29) is 5.88 Å². The van der Waals surface area contributed by atoms with Gasteiger partial charge in [-0.15, -0.1) is 0 Å². The number of benzene rings is 1. The summed E-state index contributed by atoms with van der Waals surface area (Å²) < 4.78 is 9.67. The molecule has 0 saturated heterocycles. The zero-order chi connectivity index (χ0) is 17.6. The van der Waals surface area contributed by atoms with Gasteiger partial charge in [-0.3, -0.25) is 15.1 Å². The van der Waals surface area contributed by atoms with Crippen LogP contribution in [0.5, 0.6) is 0 Å². The number of amides is 1. The smallest absolute Gasteiger partial charge is 0.331 e. The minimum absolute atomic E-state index is 0.195. The molecule has 0 saturated carbocycles. The standard InChI is InChI=1S/C17H14N4O4/c1-11-8-16(25-21-11)20-15(22)10-24-17(23)7-6-12-9-18-13-4-2-3-5-14(13)19-12/h2-9H,10H2,1H3,(H,20,22)/b7-6+. The van der Waals surface area contributed by atoms with Crippen molar-refractivity contribution in [3.8, 4) is 0 Å². The third-order valence-corrected chi connectivity index (χ3v) is 3.09. The van der Waals surface area contributed by atoms with Gasteiger partial charge < -0.3 is 9.26 Å². The Morgan fingerprint density at radius 3 is 2.84 bits per heavy atom. The number of aryl methyl sites for hydroxylation is 1. The molecule has 1 N–H and O–H groups in total. The van der Waals surface area contributed by atoms with Gasteiger partial charge in [0.25, 0.3) is 5.91 Å². The highest BCUT2D eigenvalue weighted by atomic mass is 16.5. The molecule has 0 unspecified atom stereocenters. The van der Waals surface area contributed by atoms with E-state index in [1.165, 1.54) is 12.2 Å². The Labute approximate surface area is 142 Å². The molecule has 3 aromatic rings. The Bertz CT molecular complexity index is 948. The number of fused-ring (bicyclic) bond motifs is 1. The van der Waals surface area contributed by atoms with Gasteiger partial charge in [-0.2, -0.15) is 0 Å². The lowest BCUT2D eigenvalue weighted by Crippen LogP contribution is -2.19. The van der Waals surface area contributed by atoms with Crippen LogP contribution in [0.4, 0.5) is 5.88 Å². The molecule has 3 rings (SSSR count). The van der Waals surface area contributed by atoms with Crippen LogP contribution in [0.15, 0.2) is 47.1 Å². The van der Waals surface area contributed by atoms with Crippen molar-refractivity contribution in [1.82, 2.24) is 15.1 Å². The number of nitrogens with one attached hydrogen (secondary N) is 1. The van der Waals surface area contributed by atoms with E-state index in [0.29, 0.717) is 11.4 Å². The van der Waals surface area contributed by atoms with Gasteiger partial charge in [0.1, 0.15) is 0 Å². The molecule has 0 fully saturated rings. The Kier molecular flexibility index (Phi) is 4.79. The monoisotopic (exact) mass is 338 g/mol. The number of esters is 1. The lowest BCUT2D eigenvalue weighted by atomic mass is 10.3. The molecule has 0 radical (unpaired) electrons. The Balaban J connectivity index is 1.52. The van der Waals surface area contributed by atoms with Gasteiger partial charge in [0.15, 0.2) is 6.61 Å². The van der Waals surface area contributed by atoms with Crippen molar-refractivity contribution in [2.45, 2.75) is 6.92 Å². The number of rotatable bonds is 5. The molecule has 2 heterocycles. The van der Waals surface area contributed by atoms with Crippen molar-refractivity contribution in [1.29, 1.82) is 0 Å². The molecule has 0 aliphatic rings. The SMILES string of the molecule is Cc1cc(NC(=O)COC(=O)/C=C/c2cnc3ccccc3n2)on1. The normalized spacial score (nSPS) is 10.9. The minimum atomic E-state index is -0.668. The molecule has 8 heteroatoms. The average molecular weight is 338 g/mol. The number of nitrogens with zero attached hydrogens (tertiary/aromatic N) is 3. The number of para-hydroxylation sites is 2. The number of hydrogen-bond acceptors (Lipinski definition) is 7. The topological polar surface area (TPSA) is 107 Å².